The Morgan fingerprint density at radius 2 is 0.770 bits per heavy atom. The molecule has 0 fully saturated rings. The topological polar surface area (TPSA) is 51.8 Å². The van der Waals surface area contributed by atoms with Crippen molar-refractivity contribution in [2.24, 2.45) is 0 Å². The van der Waals surface area contributed by atoms with Gasteiger partial charge in [-0.25, -0.2) is 0 Å². The zero-order chi connectivity index (χ0) is 41.1. The normalized spacial score (nSPS) is 15.3. The molecule has 8 aromatic rings. The minimum atomic E-state index is 0.945. The molecule has 6 aliphatic heterocycles. The second kappa shape index (κ2) is 20.1. The molecule has 0 spiro atoms. The van der Waals surface area contributed by atoms with E-state index < -0.39 is 0 Å². The van der Waals surface area contributed by atoms with Gasteiger partial charge < -0.3 is 4.42 Å². The van der Waals surface area contributed by atoms with Crippen LogP contribution in [0.3, 0.4) is 0 Å². The highest BCUT2D eigenvalue weighted by molar-refractivity contribution is 6.11. The summed E-state index contributed by atoms with van der Waals surface area (Å²) in [6, 6.07) is 44.5. The van der Waals surface area contributed by atoms with Crippen LogP contribution in [0.15, 0.2) is 144 Å². The quantitative estimate of drug-likeness (QED) is 0.153. The Balaban J connectivity index is 0.861. The summed E-state index contributed by atoms with van der Waals surface area (Å²) in [5.41, 5.74) is 16.6. The summed E-state index contributed by atoms with van der Waals surface area (Å²) in [5, 5.41) is 2.45. The molecule has 61 heavy (non-hydrogen) atoms. The Hall–Kier alpha value is -5.87. The van der Waals surface area contributed by atoms with Gasteiger partial charge >= 0.3 is 0 Å². The summed E-state index contributed by atoms with van der Waals surface area (Å²) < 4.78 is 6.58. The molecule has 4 aromatic carbocycles. The standard InChI is InChI=1S/C57H59N3O/c1-3-9-17-44-27-36-52(58-39-44)47-30-25-43(26-31-47)16-8-2-4-10-19-46-29-38-54(60-41-46)50-35-34-49(56-51-21-13-14-22-55(51)61-57(50)56)20-12-6-5-11-18-45-28-37-53(59-40-45)48-32-23-42(15-7-1)24-33-48/h13-14,21-41H,1-12,15-20H2. The molecule has 4 heteroatoms. The number of pyridine rings is 3. The average molecular weight is 802 g/mol. The van der Waals surface area contributed by atoms with Crippen molar-refractivity contribution in [2.45, 2.75) is 116 Å². The van der Waals surface area contributed by atoms with Gasteiger partial charge in [0, 0.05) is 46.1 Å². The molecule has 0 unspecified atom stereocenters. The SMILES string of the molecule is c1ccc2c(c1)oc1c3ccc(c12)CCCCCCc1ccc(nc1)-c1ccc(cc1)CCCCCCc1ccc(nc1)-c1ccc(cc1)CCCCCCc1ccc-3nc1. The monoisotopic (exact) mass is 801 g/mol. The highest BCUT2D eigenvalue weighted by atomic mass is 16.3. The van der Waals surface area contributed by atoms with E-state index in [2.05, 4.69) is 140 Å². The fraction of sp³-hybridized carbons (Fsp3) is 0.316. The minimum Gasteiger partial charge on any atom is -0.455 e. The molecule has 308 valence electrons. The number of aryl methyl sites for hydroxylation is 6. The summed E-state index contributed by atoms with van der Waals surface area (Å²) in [6.07, 6.45) is 27.3. The predicted octanol–water partition coefficient (Wildman–Crippen LogP) is 15.1. The average Bonchev–Trinajstić information content (AvgIpc) is 3.71. The lowest BCUT2D eigenvalue weighted by molar-refractivity contribution is 0.640. The number of rotatable bonds is 0. The van der Waals surface area contributed by atoms with Crippen molar-refractivity contribution >= 4 is 21.9 Å². The molecule has 4 aliphatic carbocycles. The first kappa shape index (κ1) is 40.5. The maximum absolute atomic E-state index is 6.58. The van der Waals surface area contributed by atoms with Crippen LogP contribution in [0, 0.1) is 0 Å². The first-order valence-corrected chi connectivity index (χ1v) is 23.2. The highest BCUT2D eigenvalue weighted by Crippen LogP contribution is 2.38. The van der Waals surface area contributed by atoms with Gasteiger partial charge in [0.25, 0.3) is 0 Å². The number of aromatic nitrogens is 3. The summed E-state index contributed by atoms with van der Waals surface area (Å²) in [4.78, 5) is 14.7. The number of furan rings is 1. The van der Waals surface area contributed by atoms with E-state index >= 15 is 0 Å². The molecule has 4 nitrogen and oxygen atoms in total. The zero-order valence-corrected chi connectivity index (χ0v) is 35.8. The second-order valence-corrected chi connectivity index (χ2v) is 17.4. The van der Waals surface area contributed by atoms with Crippen molar-refractivity contribution in [3.8, 4) is 33.8 Å². The third kappa shape index (κ3) is 10.4. The van der Waals surface area contributed by atoms with Gasteiger partial charge in [-0.15, -0.1) is 0 Å². The lowest BCUT2D eigenvalue weighted by atomic mass is 9.96. The third-order valence-corrected chi connectivity index (χ3v) is 12.9. The van der Waals surface area contributed by atoms with E-state index in [4.69, 9.17) is 19.4 Å². The second-order valence-electron chi connectivity index (χ2n) is 17.4. The molecule has 0 saturated heterocycles. The molecule has 0 N–H and O–H groups in total. The van der Waals surface area contributed by atoms with Crippen LogP contribution in [0.1, 0.15) is 110 Å². The fourth-order valence-electron chi connectivity index (χ4n) is 9.23. The smallest absolute Gasteiger partial charge is 0.145 e. The minimum absolute atomic E-state index is 0.945. The molecule has 12 bridgehead atoms. The number of hydrogen-bond acceptors (Lipinski definition) is 4. The van der Waals surface area contributed by atoms with E-state index in [0.717, 1.165) is 78.8 Å². The van der Waals surface area contributed by atoms with Crippen LogP contribution >= 0.6 is 0 Å². The van der Waals surface area contributed by atoms with Crippen molar-refractivity contribution in [2.75, 3.05) is 0 Å². The lowest BCUT2D eigenvalue weighted by Gasteiger charge is -2.09. The van der Waals surface area contributed by atoms with Gasteiger partial charge in [-0.1, -0.05) is 130 Å². The van der Waals surface area contributed by atoms with Crippen LogP contribution in [0.4, 0.5) is 0 Å². The number of para-hydroxylation sites is 1. The maximum Gasteiger partial charge on any atom is 0.145 e. The van der Waals surface area contributed by atoms with Gasteiger partial charge in [-0.2, -0.15) is 0 Å². The van der Waals surface area contributed by atoms with Crippen LogP contribution in [0.25, 0.3) is 55.7 Å². The van der Waals surface area contributed by atoms with E-state index in [1.165, 1.54) is 126 Å². The molecule has 10 aliphatic rings. The largest absolute Gasteiger partial charge is 0.455 e. The van der Waals surface area contributed by atoms with E-state index in [1.54, 1.807) is 0 Å². The summed E-state index contributed by atoms with van der Waals surface area (Å²) in [5.74, 6) is 0. The van der Waals surface area contributed by atoms with Gasteiger partial charge in [-0.3, -0.25) is 15.0 Å². The molecular formula is C57H59N3O. The highest BCUT2D eigenvalue weighted by Gasteiger charge is 2.17. The van der Waals surface area contributed by atoms with E-state index in [0.29, 0.717) is 0 Å². The van der Waals surface area contributed by atoms with Crippen LogP contribution in [0.5, 0.6) is 0 Å². The molecule has 4 aromatic heterocycles. The molecule has 10 heterocycles. The Bertz CT molecular complexity index is 2600. The Labute approximate surface area is 362 Å². The van der Waals surface area contributed by atoms with Gasteiger partial charge in [-0.05, 0) is 141 Å². The predicted molar refractivity (Wildman–Crippen MR) is 254 cm³/mol. The molecular weight excluding hydrogens is 743 g/mol. The molecule has 0 radical (unpaired) electrons. The Morgan fingerprint density at radius 3 is 1.25 bits per heavy atom. The lowest BCUT2D eigenvalue weighted by Crippen LogP contribution is -1.93. The van der Waals surface area contributed by atoms with E-state index in [1.807, 2.05) is 0 Å². The maximum atomic E-state index is 6.58. The summed E-state index contributed by atoms with van der Waals surface area (Å²) in [6.45, 7) is 0. The van der Waals surface area contributed by atoms with Crippen molar-refractivity contribution < 1.29 is 4.42 Å². The van der Waals surface area contributed by atoms with Gasteiger partial charge in [0.1, 0.15) is 11.2 Å². The van der Waals surface area contributed by atoms with Crippen molar-refractivity contribution in [3.05, 3.63) is 173 Å². The van der Waals surface area contributed by atoms with Crippen LogP contribution < -0.4 is 0 Å². The van der Waals surface area contributed by atoms with Crippen molar-refractivity contribution in [1.29, 1.82) is 0 Å². The molecule has 0 saturated carbocycles. The molecule has 0 atom stereocenters. The first-order valence-electron chi connectivity index (χ1n) is 23.2. The van der Waals surface area contributed by atoms with Gasteiger partial charge in [0.15, 0.2) is 0 Å². The van der Waals surface area contributed by atoms with Crippen LogP contribution in [-0.4, -0.2) is 15.0 Å². The third-order valence-electron chi connectivity index (χ3n) is 12.9. The first-order chi connectivity index (χ1) is 30.2. The summed E-state index contributed by atoms with van der Waals surface area (Å²) >= 11 is 0. The van der Waals surface area contributed by atoms with Crippen LogP contribution in [0.2, 0.25) is 0 Å². The van der Waals surface area contributed by atoms with E-state index in [-0.39, 0.29) is 0 Å². The number of nitrogens with zero attached hydrogens (tertiary/aromatic N) is 3. The van der Waals surface area contributed by atoms with Crippen molar-refractivity contribution in [3.63, 3.8) is 0 Å². The van der Waals surface area contributed by atoms with Crippen LogP contribution in [-0.2, 0) is 38.5 Å². The Kier molecular flexibility index (Phi) is 13.4. The van der Waals surface area contributed by atoms with Gasteiger partial charge in [0.05, 0.1) is 17.1 Å². The number of benzene rings is 4. The zero-order valence-electron chi connectivity index (χ0n) is 35.8. The van der Waals surface area contributed by atoms with Gasteiger partial charge in [0.2, 0.25) is 0 Å². The Morgan fingerprint density at radius 1 is 0.344 bits per heavy atom. The van der Waals surface area contributed by atoms with E-state index in [9.17, 15) is 0 Å². The fourth-order valence-corrected chi connectivity index (χ4v) is 9.23. The number of hydrogen-bond donors (Lipinski definition) is 0. The molecule has 18 rings (SSSR count). The van der Waals surface area contributed by atoms with Crippen molar-refractivity contribution in [1.82, 2.24) is 15.0 Å². The number of fused-ring (bicyclic) bond motifs is 3. The molecule has 0 amide bonds. The summed E-state index contributed by atoms with van der Waals surface area (Å²) in [7, 11) is 0.